The Morgan fingerprint density at radius 2 is 2.09 bits per heavy atom. The average Bonchev–Trinajstić information content (AvgIpc) is 3.12. The Morgan fingerprint density at radius 1 is 1.30 bits per heavy atom. The van der Waals surface area contributed by atoms with Gasteiger partial charge in [0.2, 0.25) is 0 Å². The number of hydrogen-bond acceptors (Lipinski definition) is 6. The zero-order valence-corrected chi connectivity index (χ0v) is 18.8. The van der Waals surface area contributed by atoms with Gasteiger partial charge in [0.25, 0.3) is 0 Å². The Kier molecular flexibility index (Phi) is 6.96. The standard InChI is InChI=1S/C25H29N3O5/c1-16-23(24(25(30)31)27-28(16)2)18-9-11-22-17(12-18)8-10-21(33-22)14-26-13-19(29)15-32-20-6-4-3-5-7-20/h3-7,9,11-12,19,21,26,29H,8,10,13-15H2,1-2H3,(H,30,31)/t19-,21+/m0/s1. The Balaban J connectivity index is 1.31. The number of nitrogens with zero attached hydrogens (tertiary/aromatic N) is 2. The number of rotatable bonds is 9. The van der Waals surface area contributed by atoms with Gasteiger partial charge in [0.15, 0.2) is 5.69 Å². The van der Waals surface area contributed by atoms with Gasteiger partial charge in [0.1, 0.15) is 30.3 Å². The Morgan fingerprint density at radius 3 is 2.85 bits per heavy atom. The lowest BCUT2D eigenvalue weighted by Gasteiger charge is -2.27. The number of ether oxygens (including phenoxy) is 2. The number of aliphatic hydroxyl groups excluding tert-OH is 1. The summed E-state index contributed by atoms with van der Waals surface area (Å²) in [6, 6.07) is 15.2. The molecule has 2 atom stereocenters. The number of nitrogens with one attached hydrogen (secondary N) is 1. The summed E-state index contributed by atoms with van der Waals surface area (Å²) >= 11 is 0. The quantitative estimate of drug-likeness (QED) is 0.459. The fourth-order valence-corrected chi connectivity index (χ4v) is 4.03. The van der Waals surface area contributed by atoms with E-state index in [4.69, 9.17) is 9.47 Å². The van der Waals surface area contributed by atoms with Gasteiger partial charge in [-0.2, -0.15) is 5.10 Å². The number of aryl methyl sites for hydroxylation is 2. The van der Waals surface area contributed by atoms with Crippen molar-refractivity contribution in [2.75, 3.05) is 19.7 Å². The van der Waals surface area contributed by atoms with E-state index in [2.05, 4.69) is 10.4 Å². The van der Waals surface area contributed by atoms with Crippen molar-refractivity contribution in [3.8, 4) is 22.6 Å². The third-order valence-corrected chi connectivity index (χ3v) is 5.85. The molecule has 0 spiro atoms. The second-order valence-corrected chi connectivity index (χ2v) is 8.27. The van der Waals surface area contributed by atoms with Gasteiger partial charge in [0.05, 0.1) is 0 Å². The van der Waals surface area contributed by atoms with Gasteiger partial charge in [-0.3, -0.25) is 4.68 Å². The van der Waals surface area contributed by atoms with E-state index in [9.17, 15) is 15.0 Å². The molecule has 8 nitrogen and oxygen atoms in total. The van der Waals surface area contributed by atoms with Gasteiger partial charge in [0, 0.05) is 31.4 Å². The summed E-state index contributed by atoms with van der Waals surface area (Å²) in [5, 5.41) is 27.1. The second kappa shape index (κ2) is 10.1. The molecule has 3 N–H and O–H groups in total. The third kappa shape index (κ3) is 5.35. The van der Waals surface area contributed by atoms with Crippen molar-refractivity contribution in [2.24, 2.45) is 7.05 Å². The van der Waals surface area contributed by atoms with Crippen molar-refractivity contribution in [3.05, 3.63) is 65.5 Å². The number of aromatic nitrogens is 2. The molecule has 1 aromatic heterocycles. The highest BCUT2D eigenvalue weighted by Gasteiger charge is 2.24. The van der Waals surface area contributed by atoms with Gasteiger partial charge in [-0.25, -0.2) is 4.79 Å². The normalized spacial score (nSPS) is 16.0. The summed E-state index contributed by atoms with van der Waals surface area (Å²) in [6.45, 7) is 3.12. The summed E-state index contributed by atoms with van der Waals surface area (Å²) in [7, 11) is 1.75. The molecule has 0 saturated heterocycles. The van der Waals surface area contributed by atoms with E-state index in [0.29, 0.717) is 18.7 Å². The van der Waals surface area contributed by atoms with Crippen LogP contribution in [-0.2, 0) is 13.5 Å². The van der Waals surface area contributed by atoms with E-state index in [1.165, 1.54) is 0 Å². The smallest absolute Gasteiger partial charge is 0.357 e. The van der Waals surface area contributed by atoms with Crippen molar-refractivity contribution < 1.29 is 24.5 Å². The fourth-order valence-electron chi connectivity index (χ4n) is 4.03. The molecule has 8 heteroatoms. The zero-order chi connectivity index (χ0) is 23.4. The number of carboxylic acid groups (broad SMARTS) is 1. The predicted molar refractivity (Wildman–Crippen MR) is 124 cm³/mol. The molecule has 4 rings (SSSR count). The largest absolute Gasteiger partial charge is 0.491 e. The van der Waals surface area contributed by atoms with Crippen LogP contribution in [-0.4, -0.2) is 57.9 Å². The van der Waals surface area contributed by atoms with Crippen LogP contribution in [0.4, 0.5) is 0 Å². The molecule has 0 amide bonds. The van der Waals surface area contributed by atoms with E-state index in [-0.39, 0.29) is 18.4 Å². The van der Waals surface area contributed by atoms with Gasteiger partial charge in [-0.1, -0.05) is 24.3 Å². The zero-order valence-electron chi connectivity index (χ0n) is 18.8. The molecule has 0 fully saturated rings. The van der Waals surface area contributed by atoms with Crippen molar-refractivity contribution in [2.45, 2.75) is 32.0 Å². The molecule has 174 valence electrons. The van der Waals surface area contributed by atoms with Crippen LogP contribution in [0.25, 0.3) is 11.1 Å². The van der Waals surface area contributed by atoms with E-state index in [1.54, 1.807) is 11.7 Å². The minimum Gasteiger partial charge on any atom is -0.491 e. The molecular weight excluding hydrogens is 422 g/mol. The van der Waals surface area contributed by atoms with Gasteiger partial charge < -0.3 is 25.0 Å². The number of para-hydroxylation sites is 1. The van der Waals surface area contributed by atoms with Gasteiger partial charge >= 0.3 is 5.97 Å². The molecule has 0 aliphatic carbocycles. The molecular formula is C25H29N3O5. The topological polar surface area (TPSA) is 106 Å². The van der Waals surface area contributed by atoms with Crippen LogP contribution in [0.15, 0.2) is 48.5 Å². The van der Waals surface area contributed by atoms with E-state index >= 15 is 0 Å². The molecule has 33 heavy (non-hydrogen) atoms. The molecule has 0 bridgehead atoms. The summed E-state index contributed by atoms with van der Waals surface area (Å²) < 4.78 is 13.3. The maximum Gasteiger partial charge on any atom is 0.357 e. The SMILES string of the molecule is Cc1c(-c2ccc3c(c2)CC[C@H](CNC[C@H](O)COc2ccccc2)O3)c(C(=O)O)nn1C. The highest BCUT2D eigenvalue weighted by atomic mass is 16.5. The lowest BCUT2D eigenvalue weighted by atomic mass is 9.96. The molecule has 1 aliphatic rings. The van der Waals surface area contributed by atoms with E-state index in [0.717, 1.165) is 41.2 Å². The summed E-state index contributed by atoms with van der Waals surface area (Å²) in [5.74, 6) is 0.508. The first-order valence-corrected chi connectivity index (χ1v) is 11.1. The number of aromatic carboxylic acids is 1. The van der Waals surface area contributed by atoms with Crippen molar-refractivity contribution in [1.82, 2.24) is 15.1 Å². The first-order valence-electron chi connectivity index (χ1n) is 11.1. The van der Waals surface area contributed by atoms with Crippen LogP contribution in [0.2, 0.25) is 0 Å². The van der Waals surface area contributed by atoms with Crippen molar-refractivity contribution in [1.29, 1.82) is 0 Å². The highest BCUT2D eigenvalue weighted by Crippen LogP contribution is 2.34. The Labute approximate surface area is 192 Å². The van der Waals surface area contributed by atoms with Crippen LogP contribution >= 0.6 is 0 Å². The second-order valence-electron chi connectivity index (χ2n) is 8.27. The summed E-state index contributed by atoms with van der Waals surface area (Å²) in [4.78, 5) is 11.6. The Bertz CT molecular complexity index is 1110. The molecule has 1 aliphatic heterocycles. The van der Waals surface area contributed by atoms with Crippen molar-refractivity contribution >= 4 is 5.97 Å². The number of fused-ring (bicyclic) bond motifs is 1. The molecule has 0 saturated carbocycles. The first kappa shape index (κ1) is 22.8. The van der Waals surface area contributed by atoms with E-state index in [1.807, 2.05) is 55.5 Å². The minimum atomic E-state index is -1.04. The molecule has 0 unspecified atom stereocenters. The minimum absolute atomic E-state index is 0.000278. The number of hydrogen-bond donors (Lipinski definition) is 3. The number of carboxylic acids is 1. The fraction of sp³-hybridized carbons (Fsp3) is 0.360. The van der Waals surface area contributed by atoms with E-state index < -0.39 is 12.1 Å². The Hall–Kier alpha value is -3.36. The maximum absolute atomic E-state index is 11.6. The maximum atomic E-state index is 11.6. The first-order chi connectivity index (χ1) is 15.9. The lowest BCUT2D eigenvalue weighted by Crippen LogP contribution is -2.39. The molecule has 2 aromatic carbocycles. The summed E-state index contributed by atoms with van der Waals surface area (Å²) in [5.41, 5.74) is 3.39. The predicted octanol–water partition coefficient (Wildman–Crippen LogP) is 2.82. The van der Waals surface area contributed by atoms with Crippen LogP contribution < -0.4 is 14.8 Å². The number of carbonyl (C=O) groups is 1. The number of benzene rings is 2. The van der Waals surface area contributed by atoms with Crippen LogP contribution in [0.5, 0.6) is 11.5 Å². The molecule has 2 heterocycles. The number of aliphatic hydroxyl groups is 1. The van der Waals surface area contributed by atoms with Crippen molar-refractivity contribution in [3.63, 3.8) is 0 Å². The third-order valence-electron chi connectivity index (χ3n) is 5.85. The van der Waals surface area contributed by atoms with Crippen LogP contribution in [0.1, 0.15) is 28.2 Å². The van der Waals surface area contributed by atoms with Crippen LogP contribution in [0.3, 0.4) is 0 Å². The van der Waals surface area contributed by atoms with Gasteiger partial charge in [-0.05, 0) is 55.2 Å². The van der Waals surface area contributed by atoms with Gasteiger partial charge in [-0.15, -0.1) is 0 Å². The average molecular weight is 452 g/mol. The van der Waals surface area contributed by atoms with Crippen LogP contribution in [0, 0.1) is 6.92 Å². The summed E-state index contributed by atoms with van der Waals surface area (Å²) in [6.07, 6.45) is 1.05. The lowest BCUT2D eigenvalue weighted by molar-refractivity contribution is 0.0690. The highest BCUT2D eigenvalue weighted by molar-refractivity contribution is 5.95. The molecule has 3 aromatic rings. The monoisotopic (exact) mass is 451 g/mol. The molecule has 0 radical (unpaired) electrons.